The number of hydrogen-bond donors (Lipinski definition) is 1. The van der Waals surface area contributed by atoms with Gasteiger partial charge >= 0.3 is 0 Å². The monoisotopic (exact) mass is 243 g/mol. The lowest BCUT2D eigenvalue weighted by molar-refractivity contribution is -0.122. The molecule has 1 saturated carbocycles. The SMILES string of the molecule is Cc1nc2cc(CNC(=O)C3CC3)ccc2n1C. The van der Waals surface area contributed by atoms with E-state index in [4.69, 9.17) is 0 Å². The number of nitrogens with one attached hydrogen (secondary N) is 1. The Bertz CT molecular complexity index is 611. The number of amides is 1. The van der Waals surface area contributed by atoms with Gasteiger partial charge in [0, 0.05) is 19.5 Å². The number of aryl methyl sites for hydroxylation is 2. The maximum absolute atomic E-state index is 11.6. The quantitative estimate of drug-likeness (QED) is 0.895. The van der Waals surface area contributed by atoms with Crippen LogP contribution in [0.4, 0.5) is 0 Å². The van der Waals surface area contributed by atoms with Crippen LogP contribution in [0, 0.1) is 12.8 Å². The van der Waals surface area contributed by atoms with Gasteiger partial charge in [-0.15, -0.1) is 0 Å². The van der Waals surface area contributed by atoms with Gasteiger partial charge in [0.05, 0.1) is 11.0 Å². The fourth-order valence-corrected chi connectivity index (χ4v) is 2.15. The van der Waals surface area contributed by atoms with Crippen LogP contribution in [-0.4, -0.2) is 15.5 Å². The molecule has 0 aliphatic heterocycles. The Morgan fingerprint density at radius 2 is 2.28 bits per heavy atom. The van der Waals surface area contributed by atoms with Gasteiger partial charge in [0.25, 0.3) is 0 Å². The molecule has 3 rings (SSSR count). The number of carbonyl (C=O) groups excluding carboxylic acids is 1. The van der Waals surface area contributed by atoms with E-state index in [9.17, 15) is 4.79 Å². The zero-order valence-electron chi connectivity index (χ0n) is 10.7. The molecule has 18 heavy (non-hydrogen) atoms. The van der Waals surface area contributed by atoms with Gasteiger partial charge in [-0.1, -0.05) is 6.07 Å². The second-order valence-corrected chi connectivity index (χ2v) is 5.03. The fourth-order valence-electron chi connectivity index (χ4n) is 2.15. The molecule has 1 aliphatic carbocycles. The third kappa shape index (κ3) is 1.98. The van der Waals surface area contributed by atoms with Gasteiger partial charge in [-0.25, -0.2) is 4.98 Å². The fraction of sp³-hybridized carbons (Fsp3) is 0.429. The standard InChI is InChI=1S/C14H17N3O/c1-9-16-12-7-10(3-6-13(12)17(9)2)8-15-14(18)11-4-5-11/h3,6-7,11H,4-5,8H2,1-2H3,(H,15,18). The molecule has 94 valence electrons. The second kappa shape index (κ2) is 4.12. The van der Waals surface area contributed by atoms with E-state index in [0.29, 0.717) is 6.54 Å². The van der Waals surface area contributed by atoms with Crippen LogP contribution in [0.25, 0.3) is 11.0 Å². The van der Waals surface area contributed by atoms with Crippen molar-refractivity contribution in [2.24, 2.45) is 13.0 Å². The predicted octanol–water partition coefficient (Wildman–Crippen LogP) is 1.91. The summed E-state index contributed by atoms with van der Waals surface area (Å²) in [5, 5.41) is 2.97. The summed E-state index contributed by atoms with van der Waals surface area (Å²) >= 11 is 0. The molecule has 1 heterocycles. The number of carbonyl (C=O) groups is 1. The lowest BCUT2D eigenvalue weighted by Crippen LogP contribution is -2.24. The first-order valence-corrected chi connectivity index (χ1v) is 6.35. The zero-order chi connectivity index (χ0) is 12.7. The molecule has 0 radical (unpaired) electrons. The van der Waals surface area contributed by atoms with Crippen molar-refractivity contribution >= 4 is 16.9 Å². The van der Waals surface area contributed by atoms with Crippen LogP contribution in [0.2, 0.25) is 0 Å². The molecule has 4 nitrogen and oxygen atoms in total. The average Bonchev–Trinajstić information content (AvgIpc) is 3.16. The predicted molar refractivity (Wildman–Crippen MR) is 70.0 cm³/mol. The Labute approximate surface area is 106 Å². The van der Waals surface area contributed by atoms with Crippen LogP contribution < -0.4 is 5.32 Å². The summed E-state index contributed by atoms with van der Waals surface area (Å²) in [6.45, 7) is 2.59. The molecule has 1 amide bonds. The van der Waals surface area contributed by atoms with Crippen molar-refractivity contribution in [3.63, 3.8) is 0 Å². The van der Waals surface area contributed by atoms with Gasteiger partial charge in [-0.2, -0.15) is 0 Å². The second-order valence-electron chi connectivity index (χ2n) is 5.03. The minimum absolute atomic E-state index is 0.187. The average molecular weight is 243 g/mol. The van der Waals surface area contributed by atoms with Gasteiger partial charge in [-0.05, 0) is 37.5 Å². The number of hydrogen-bond acceptors (Lipinski definition) is 2. The van der Waals surface area contributed by atoms with Crippen LogP contribution in [0.5, 0.6) is 0 Å². The lowest BCUT2D eigenvalue weighted by Gasteiger charge is -2.04. The van der Waals surface area contributed by atoms with Gasteiger partial charge in [0.15, 0.2) is 0 Å². The molecular formula is C14H17N3O. The molecule has 1 fully saturated rings. The summed E-state index contributed by atoms with van der Waals surface area (Å²) in [6.07, 6.45) is 2.09. The lowest BCUT2D eigenvalue weighted by atomic mass is 10.2. The highest BCUT2D eigenvalue weighted by molar-refractivity contribution is 5.81. The van der Waals surface area contributed by atoms with E-state index in [1.54, 1.807) is 0 Å². The number of nitrogens with zero attached hydrogens (tertiary/aromatic N) is 2. The smallest absolute Gasteiger partial charge is 0.223 e. The maximum Gasteiger partial charge on any atom is 0.223 e. The summed E-state index contributed by atoms with van der Waals surface area (Å²) in [6, 6.07) is 6.17. The van der Waals surface area contributed by atoms with Crippen molar-refractivity contribution in [2.45, 2.75) is 26.3 Å². The van der Waals surface area contributed by atoms with E-state index in [1.165, 1.54) is 0 Å². The summed E-state index contributed by atoms with van der Waals surface area (Å²) in [4.78, 5) is 16.1. The third-order valence-corrected chi connectivity index (χ3v) is 3.58. The number of rotatable bonds is 3. The van der Waals surface area contributed by atoms with E-state index < -0.39 is 0 Å². The first-order valence-electron chi connectivity index (χ1n) is 6.35. The third-order valence-electron chi connectivity index (χ3n) is 3.58. The Morgan fingerprint density at radius 3 is 3.00 bits per heavy atom. The molecule has 0 bridgehead atoms. The Morgan fingerprint density at radius 1 is 1.50 bits per heavy atom. The molecule has 1 aromatic carbocycles. The normalized spacial score (nSPS) is 15.0. The molecule has 0 saturated heterocycles. The van der Waals surface area contributed by atoms with Crippen LogP contribution in [0.3, 0.4) is 0 Å². The van der Waals surface area contributed by atoms with Crippen molar-refractivity contribution < 1.29 is 4.79 Å². The highest BCUT2D eigenvalue weighted by Gasteiger charge is 2.29. The summed E-state index contributed by atoms with van der Waals surface area (Å²) in [7, 11) is 2.01. The Hall–Kier alpha value is -1.84. The molecular weight excluding hydrogens is 226 g/mol. The zero-order valence-corrected chi connectivity index (χ0v) is 10.7. The van der Waals surface area contributed by atoms with Crippen LogP contribution in [0.15, 0.2) is 18.2 Å². The van der Waals surface area contributed by atoms with E-state index in [2.05, 4.69) is 33.1 Å². The summed E-state index contributed by atoms with van der Waals surface area (Å²) in [5.74, 6) is 1.46. The first-order chi connectivity index (χ1) is 8.65. The molecule has 1 aliphatic rings. The van der Waals surface area contributed by atoms with Crippen molar-refractivity contribution in [3.05, 3.63) is 29.6 Å². The summed E-state index contributed by atoms with van der Waals surface area (Å²) < 4.78 is 2.07. The van der Waals surface area contributed by atoms with Crippen LogP contribution in [-0.2, 0) is 18.4 Å². The van der Waals surface area contributed by atoms with E-state index in [-0.39, 0.29) is 11.8 Å². The van der Waals surface area contributed by atoms with Crippen molar-refractivity contribution in [2.75, 3.05) is 0 Å². The van der Waals surface area contributed by atoms with Gasteiger partial charge in [0.2, 0.25) is 5.91 Å². The number of benzene rings is 1. The molecule has 0 atom stereocenters. The molecule has 1 N–H and O–H groups in total. The Kier molecular flexibility index (Phi) is 2.58. The number of aromatic nitrogens is 2. The van der Waals surface area contributed by atoms with E-state index >= 15 is 0 Å². The molecule has 0 spiro atoms. The van der Waals surface area contributed by atoms with Gasteiger partial charge < -0.3 is 9.88 Å². The highest BCUT2D eigenvalue weighted by atomic mass is 16.2. The number of imidazole rings is 1. The van der Waals surface area contributed by atoms with E-state index in [0.717, 1.165) is 35.3 Å². The van der Waals surface area contributed by atoms with Crippen molar-refractivity contribution in [3.8, 4) is 0 Å². The maximum atomic E-state index is 11.6. The summed E-state index contributed by atoms with van der Waals surface area (Å²) in [5.41, 5.74) is 3.23. The molecule has 4 heteroatoms. The van der Waals surface area contributed by atoms with Gasteiger partial charge in [0.1, 0.15) is 5.82 Å². The van der Waals surface area contributed by atoms with Crippen LogP contribution >= 0.6 is 0 Å². The van der Waals surface area contributed by atoms with E-state index in [1.807, 2.05) is 14.0 Å². The minimum atomic E-state index is 0.187. The largest absolute Gasteiger partial charge is 0.352 e. The molecule has 1 aromatic heterocycles. The van der Waals surface area contributed by atoms with Crippen LogP contribution in [0.1, 0.15) is 24.2 Å². The first kappa shape index (κ1) is 11.3. The molecule has 2 aromatic rings. The van der Waals surface area contributed by atoms with Crippen molar-refractivity contribution in [1.29, 1.82) is 0 Å². The van der Waals surface area contributed by atoms with Crippen molar-refractivity contribution in [1.82, 2.24) is 14.9 Å². The topological polar surface area (TPSA) is 46.9 Å². The molecule has 0 unspecified atom stereocenters. The number of fused-ring (bicyclic) bond motifs is 1. The Balaban J connectivity index is 1.78. The highest BCUT2D eigenvalue weighted by Crippen LogP contribution is 2.28. The van der Waals surface area contributed by atoms with Gasteiger partial charge in [-0.3, -0.25) is 4.79 Å². The minimum Gasteiger partial charge on any atom is -0.352 e.